The SMILES string of the molecule is CCSc1ccc(-c2ncc(C(N)=O)c(N)n2)cc1. The zero-order valence-electron chi connectivity index (χ0n) is 10.5. The molecule has 0 saturated carbocycles. The Hall–Kier alpha value is -2.08. The molecule has 19 heavy (non-hydrogen) atoms. The van der Waals surface area contributed by atoms with E-state index in [-0.39, 0.29) is 11.4 Å². The van der Waals surface area contributed by atoms with Gasteiger partial charge < -0.3 is 11.5 Å². The summed E-state index contributed by atoms with van der Waals surface area (Å²) < 4.78 is 0. The molecule has 0 aliphatic rings. The van der Waals surface area contributed by atoms with E-state index in [1.807, 2.05) is 24.3 Å². The number of carbonyl (C=O) groups is 1. The molecule has 0 radical (unpaired) electrons. The van der Waals surface area contributed by atoms with Crippen LogP contribution in [0, 0.1) is 0 Å². The van der Waals surface area contributed by atoms with E-state index in [1.54, 1.807) is 11.8 Å². The number of nitrogen functional groups attached to an aromatic ring is 1. The highest BCUT2D eigenvalue weighted by atomic mass is 32.2. The van der Waals surface area contributed by atoms with Crippen LogP contribution in [0.3, 0.4) is 0 Å². The fourth-order valence-electron chi connectivity index (χ4n) is 1.59. The molecule has 5 nitrogen and oxygen atoms in total. The summed E-state index contributed by atoms with van der Waals surface area (Å²) in [5, 5.41) is 0. The molecule has 1 aromatic heterocycles. The molecule has 1 aromatic carbocycles. The molecule has 0 aliphatic heterocycles. The molecule has 98 valence electrons. The molecule has 0 aliphatic carbocycles. The van der Waals surface area contributed by atoms with Gasteiger partial charge in [0.05, 0.1) is 5.56 Å². The minimum absolute atomic E-state index is 0.101. The van der Waals surface area contributed by atoms with E-state index in [9.17, 15) is 4.79 Å². The van der Waals surface area contributed by atoms with Crippen LogP contribution in [0.25, 0.3) is 11.4 Å². The van der Waals surface area contributed by atoms with Gasteiger partial charge in [0.2, 0.25) is 0 Å². The summed E-state index contributed by atoms with van der Waals surface area (Å²) in [6.45, 7) is 2.10. The maximum atomic E-state index is 11.0. The van der Waals surface area contributed by atoms with Crippen molar-refractivity contribution in [2.24, 2.45) is 5.73 Å². The number of hydrogen-bond donors (Lipinski definition) is 2. The summed E-state index contributed by atoms with van der Waals surface area (Å²) in [5.74, 6) is 0.981. The Balaban J connectivity index is 2.31. The van der Waals surface area contributed by atoms with Gasteiger partial charge >= 0.3 is 0 Å². The first-order valence-corrected chi connectivity index (χ1v) is 6.76. The predicted octanol–water partition coefficient (Wildman–Crippen LogP) is 1.94. The van der Waals surface area contributed by atoms with Crippen molar-refractivity contribution >= 4 is 23.5 Å². The van der Waals surface area contributed by atoms with Crippen molar-refractivity contribution in [1.82, 2.24) is 9.97 Å². The van der Waals surface area contributed by atoms with Gasteiger partial charge in [-0.05, 0) is 17.9 Å². The molecule has 0 spiro atoms. The monoisotopic (exact) mass is 274 g/mol. The first-order valence-electron chi connectivity index (χ1n) is 5.77. The van der Waals surface area contributed by atoms with Crippen LogP contribution in [0.5, 0.6) is 0 Å². The van der Waals surface area contributed by atoms with E-state index in [0.717, 1.165) is 11.3 Å². The summed E-state index contributed by atoms with van der Waals surface area (Å²) in [6, 6.07) is 7.86. The van der Waals surface area contributed by atoms with E-state index >= 15 is 0 Å². The molecule has 0 atom stereocenters. The lowest BCUT2D eigenvalue weighted by atomic mass is 10.2. The number of anilines is 1. The Morgan fingerprint density at radius 3 is 2.53 bits per heavy atom. The molecule has 1 heterocycles. The zero-order valence-corrected chi connectivity index (χ0v) is 11.3. The summed E-state index contributed by atoms with van der Waals surface area (Å²) >= 11 is 1.76. The van der Waals surface area contributed by atoms with E-state index in [2.05, 4.69) is 16.9 Å². The van der Waals surface area contributed by atoms with Crippen molar-refractivity contribution in [3.8, 4) is 11.4 Å². The van der Waals surface area contributed by atoms with Crippen LogP contribution in [0.4, 0.5) is 5.82 Å². The summed E-state index contributed by atoms with van der Waals surface area (Å²) in [6.07, 6.45) is 1.36. The molecule has 0 unspecified atom stereocenters. The maximum Gasteiger partial charge on any atom is 0.254 e. The third kappa shape index (κ3) is 3.03. The normalized spacial score (nSPS) is 10.4. The number of primary amides is 1. The second kappa shape index (κ2) is 5.71. The second-order valence-corrected chi connectivity index (χ2v) is 5.15. The number of rotatable bonds is 4. The maximum absolute atomic E-state index is 11.0. The second-order valence-electron chi connectivity index (χ2n) is 3.81. The summed E-state index contributed by atoms with van der Waals surface area (Å²) in [4.78, 5) is 20.4. The highest BCUT2D eigenvalue weighted by Gasteiger charge is 2.10. The first kappa shape index (κ1) is 13.4. The predicted molar refractivity (Wildman–Crippen MR) is 76.8 cm³/mol. The van der Waals surface area contributed by atoms with Crippen LogP contribution >= 0.6 is 11.8 Å². The Bertz CT molecular complexity index is 598. The van der Waals surface area contributed by atoms with Crippen molar-refractivity contribution in [1.29, 1.82) is 0 Å². The number of thioether (sulfide) groups is 1. The molecular formula is C13H14N4OS. The minimum Gasteiger partial charge on any atom is -0.383 e. The number of nitrogens with two attached hydrogens (primary N) is 2. The lowest BCUT2D eigenvalue weighted by Gasteiger charge is -2.05. The molecule has 0 bridgehead atoms. The average Bonchev–Trinajstić information content (AvgIpc) is 2.39. The Morgan fingerprint density at radius 1 is 1.32 bits per heavy atom. The number of aromatic nitrogens is 2. The fraction of sp³-hybridized carbons (Fsp3) is 0.154. The van der Waals surface area contributed by atoms with E-state index in [1.165, 1.54) is 11.1 Å². The number of hydrogen-bond acceptors (Lipinski definition) is 5. The lowest BCUT2D eigenvalue weighted by Crippen LogP contribution is -2.15. The Labute approximate surface area is 115 Å². The fourth-order valence-corrected chi connectivity index (χ4v) is 2.25. The third-order valence-corrected chi connectivity index (χ3v) is 3.40. The van der Waals surface area contributed by atoms with Gasteiger partial charge in [0, 0.05) is 16.7 Å². The smallest absolute Gasteiger partial charge is 0.254 e. The largest absolute Gasteiger partial charge is 0.383 e. The minimum atomic E-state index is -0.626. The van der Waals surface area contributed by atoms with Crippen molar-refractivity contribution in [3.63, 3.8) is 0 Å². The quantitative estimate of drug-likeness (QED) is 0.831. The standard InChI is InChI=1S/C13H14N4OS/c1-2-19-9-5-3-8(4-6-9)13-16-7-10(12(15)18)11(14)17-13/h3-7H,2H2,1H3,(H2,15,18)(H2,14,16,17). The first-order chi connectivity index (χ1) is 9.11. The van der Waals surface area contributed by atoms with Gasteiger partial charge in [-0.25, -0.2) is 9.97 Å². The van der Waals surface area contributed by atoms with Crippen molar-refractivity contribution in [2.75, 3.05) is 11.5 Å². The molecule has 4 N–H and O–H groups in total. The topological polar surface area (TPSA) is 94.9 Å². The van der Waals surface area contributed by atoms with Crippen LogP contribution < -0.4 is 11.5 Å². The molecule has 2 aromatic rings. The highest BCUT2D eigenvalue weighted by Crippen LogP contribution is 2.22. The molecule has 0 saturated heterocycles. The van der Waals surface area contributed by atoms with Gasteiger partial charge in [-0.3, -0.25) is 4.79 Å². The van der Waals surface area contributed by atoms with Gasteiger partial charge in [0.25, 0.3) is 5.91 Å². The van der Waals surface area contributed by atoms with E-state index in [0.29, 0.717) is 5.82 Å². The number of benzene rings is 1. The highest BCUT2D eigenvalue weighted by molar-refractivity contribution is 7.99. The molecule has 0 fully saturated rings. The van der Waals surface area contributed by atoms with E-state index < -0.39 is 5.91 Å². The van der Waals surface area contributed by atoms with Gasteiger partial charge in [0.15, 0.2) is 5.82 Å². The lowest BCUT2D eigenvalue weighted by molar-refractivity contribution is 0.100. The Kier molecular flexibility index (Phi) is 4.01. The van der Waals surface area contributed by atoms with Gasteiger partial charge in [-0.15, -0.1) is 11.8 Å². The summed E-state index contributed by atoms with van der Waals surface area (Å²) in [5.41, 5.74) is 11.8. The average molecular weight is 274 g/mol. The van der Waals surface area contributed by atoms with Crippen LogP contribution in [-0.4, -0.2) is 21.6 Å². The third-order valence-electron chi connectivity index (χ3n) is 2.51. The van der Waals surface area contributed by atoms with Crippen LogP contribution in [-0.2, 0) is 0 Å². The van der Waals surface area contributed by atoms with Crippen LogP contribution in [0.1, 0.15) is 17.3 Å². The van der Waals surface area contributed by atoms with Gasteiger partial charge in [0.1, 0.15) is 5.82 Å². The van der Waals surface area contributed by atoms with Crippen molar-refractivity contribution in [2.45, 2.75) is 11.8 Å². The van der Waals surface area contributed by atoms with Gasteiger partial charge in [-0.1, -0.05) is 19.1 Å². The van der Waals surface area contributed by atoms with Crippen LogP contribution in [0.2, 0.25) is 0 Å². The van der Waals surface area contributed by atoms with E-state index in [4.69, 9.17) is 11.5 Å². The molecular weight excluding hydrogens is 260 g/mol. The summed E-state index contributed by atoms with van der Waals surface area (Å²) in [7, 11) is 0. The van der Waals surface area contributed by atoms with Crippen molar-refractivity contribution < 1.29 is 4.79 Å². The number of carbonyl (C=O) groups excluding carboxylic acids is 1. The zero-order chi connectivity index (χ0) is 13.8. The van der Waals surface area contributed by atoms with Crippen molar-refractivity contribution in [3.05, 3.63) is 36.0 Å². The van der Waals surface area contributed by atoms with Gasteiger partial charge in [-0.2, -0.15) is 0 Å². The molecule has 1 amide bonds. The molecule has 6 heteroatoms. The Morgan fingerprint density at radius 2 is 2.00 bits per heavy atom. The number of amides is 1. The van der Waals surface area contributed by atoms with Crippen LogP contribution in [0.15, 0.2) is 35.4 Å². The number of nitrogens with zero attached hydrogens (tertiary/aromatic N) is 2. The molecule has 2 rings (SSSR count).